The van der Waals surface area contributed by atoms with E-state index in [1.165, 1.54) is 0 Å². The molecule has 4 aliphatic rings. The Kier molecular flexibility index (Phi) is 2.77. The summed E-state index contributed by atoms with van der Waals surface area (Å²) in [5.74, 6) is 2.14. The van der Waals surface area contributed by atoms with Gasteiger partial charge in [-0.25, -0.2) is 0 Å². The molecule has 22 heavy (non-hydrogen) atoms. The highest BCUT2D eigenvalue weighted by Crippen LogP contribution is 2.64. The minimum atomic E-state index is -0.104. The lowest BCUT2D eigenvalue weighted by Gasteiger charge is -2.56. The third-order valence-corrected chi connectivity index (χ3v) is 7.24. The highest BCUT2D eigenvalue weighted by Gasteiger charge is 2.59. The summed E-state index contributed by atoms with van der Waals surface area (Å²) in [6.45, 7) is 8.75. The molecule has 5 atom stereocenters. The van der Waals surface area contributed by atoms with Crippen LogP contribution >= 0.6 is 0 Å². The second-order valence-electron chi connectivity index (χ2n) is 8.18. The first-order chi connectivity index (χ1) is 10.4. The topological polar surface area (TPSA) is 34.1 Å². The van der Waals surface area contributed by atoms with E-state index in [-0.39, 0.29) is 16.6 Å². The molecule has 0 radical (unpaired) electrons. The maximum Gasteiger partial charge on any atom is 0.178 e. The van der Waals surface area contributed by atoms with Crippen LogP contribution in [-0.2, 0) is 9.59 Å². The van der Waals surface area contributed by atoms with Crippen LogP contribution in [-0.4, -0.2) is 11.6 Å². The molecule has 0 N–H and O–H groups in total. The van der Waals surface area contributed by atoms with Crippen LogP contribution in [0.3, 0.4) is 0 Å². The molecular weight excluding hydrogens is 272 g/mol. The van der Waals surface area contributed by atoms with Gasteiger partial charge in [-0.3, -0.25) is 9.59 Å². The molecule has 0 heterocycles. The van der Waals surface area contributed by atoms with Crippen molar-refractivity contribution in [2.24, 2.45) is 28.6 Å². The summed E-state index contributed by atoms with van der Waals surface area (Å²) in [6.07, 6.45) is 10.5. The van der Waals surface area contributed by atoms with Gasteiger partial charge < -0.3 is 0 Å². The Balaban J connectivity index is 1.78. The van der Waals surface area contributed by atoms with E-state index in [9.17, 15) is 9.59 Å². The molecule has 0 spiro atoms. The molecule has 4 aliphatic carbocycles. The van der Waals surface area contributed by atoms with Crippen molar-refractivity contribution < 1.29 is 9.59 Å². The second-order valence-corrected chi connectivity index (χ2v) is 8.18. The van der Waals surface area contributed by atoms with Crippen LogP contribution in [0.2, 0.25) is 0 Å². The number of Topliss-reactive ketones (excluding diaryl/α,β-unsaturated/α-hetero) is 1. The highest BCUT2D eigenvalue weighted by molar-refractivity contribution is 6.02. The molecule has 0 amide bonds. The molecule has 2 heteroatoms. The maximum absolute atomic E-state index is 12.4. The summed E-state index contributed by atoms with van der Waals surface area (Å²) in [4.78, 5) is 24.2. The summed E-state index contributed by atoms with van der Waals surface area (Å²) in [7, 11) is 0. The molecule has 3 saturated carbocycles. The fourth-order valence-electron chi connectivity index (χ4n) is 5.98. The summed E-state index contributed by atoms with van der Waals surface area (Å²) < 4.78 is 0. The fourth-order valence-corrected chi connectivity index (χ4v) is 5.98. The van der Waals surface area contributed by atoms with Gasteiger partial charge in [-0.2, -0.15) is 0 Å². The Morgan fingerprint density at radius 3 is 2.73 bits per heavy atom. The van der Waals surface area contributed by atoms with Crippen molar-refractivity contribution in [2.45, 2.75) is 46.0 Å². The largest absolute Gasteiger partial charge is 0.299 e. The number of ketones is 2. The lowest BCUT2D eigenvalue weighted by atomic mass is 9.48. The first-order valence-corrected chi connectivity index (χ1v) is 8.53. The van der Waals surface area contributed by atoms with Gasteiger partial charge in [0.25, 0.3) is 0 Å². The van der Waals surface area contributed by atoms with Gasteiger partial charge in [-0.05, 0) is 61.2 Å². The predicted octanol–water partition coefficient (Wildman–Crippen LogP) is 4.03. The Labute approximate surface area is 132 Å². The van der Waals surface area contributed by atoms with Crippen LogP contribution in [0.15, 0.2) is 36.0 Å². The minimum absolute atomic E-state index is 0.0686. The van der Waals surface area contributed by atoms with E-state index in [2.05, 4.69) is 26.5 Å². The monoisotopic (exact) mass is 296 g/mol. The van der Waals surface area contributed by atoms with Crippen LogP contribution in [0.4, 0.5) is 0 Å². The van der Waals surface area contributed by atoms with Crippen LogP contribution in [0.1, 0.15) is 46.0 Å². The van der Waals surface area contributed by atoms with Crippen molar-refractivity contribution in [3.05, 3.63) is 36.0 Å². The number of carbonyl (C=O) groups is 2. The highest BCUT2D eigenvalue weighted by atomic mass is 16.1. The van der Waals surface area contributed by atoms with Crippen molar-refractivity contribution in [1.29, 1.82) is 0 Å². The van der Waals surface area contributed by atoms with E-state index in [0.717, 1.165) is 43.3 Å². The predicted molar refractivity (Wildman–Crippen MR) is 86.1 cm³/mol. The zero-order chi connectivity index (χ0) is 15.7. The van der Waals surface area contributed by atoms with Crippen LogP contribution < -0.4 is 0 Å². The quantitative estimate of drug-likeness (QED) is 0.676. The van der Waals surface area contributed by atoms with Gasteiger partial charge in [0.15, 0.2) is 5.78 Å². The van der Waals surface area contributed by atoms with E-state index < -0.39 is 0 Å². The van der Waals surface area contributed by atoms with E-state index >= 15 is 0 Å². The third-order valence-electron chi connectivity index (χ3n) is 7.24. The Hall–Kier alpha value is -1.44. The van der Waals surface area contributed by atoms with Crippen LogP contribution in [0, 0.1) is 28.6 Å². The van der Waals surface area contributed by atoms with Crippen molar-refractivity contribution >= 4 is 11.6 Å². The second kappa shape index (κ2) is 4.31. The zero-order valence-corrected chi connectivity index (χ0v) is 13.5. The van der Waals surface area contributed by atoms with Crippen molar-refractivity contribution in [3.63, 3.8) is 0 Å². The van der Waals surface area contributed by atoms with E-state index in [1.54, 1.807) is 12.2 Å². The van der Waals surface area contributed by atoms with Crippen molar-refractivity contribution in [1.82, 2.24) is 0 Å². The molecular formula is C20H24O2. The lowest BCUT2D eigenvalue weighted by Crippen LogP contribution is -2.50. The summed E-state index contributed by atoms with van der Waals surface area (Å²) in [5.41, 5.74) is 2.09. The number of allylic oxidation sites excluding steroid dienone is 5. The van der Waals surface area contributed by atoms with Gasteiger partial charge in [0.1, 0.15) is 5.78 Å². The number of fused-ring (bicyclic) bond motifs is 5. The summed E-state index contributed by atoms with van der Waals surface area (Å²) in [6, 6.07) is 0. The minimum Gasteiger partial charge on any atom is -0.299 e. The normalized spacial score (nSPS) is 46.9. The number of rotatable bonds is 0. The Morgan fingerprint density at radius 2 is 1.95 bits per heavy atom. The van der Waals surface area contributed by atoms with Gasteiger partial charge in [0.05, 0.1) is 0 Å². The Morgan fingerprint density at radius 1 is 1.18 bits per heavy atom. The molecule has 0 aromatic heterocycles. The van der Waals surface area contributed by atoms with E-state index in [1.807, 2.05) is 0 Å². The average Bonchev–Trinajstić information content (AvgIpc) is 2.77. The third kappa shape index (κ3) is 1.61. The molecule has 0 aromatic carbocycles. The fraction of sp³-hybridized carbons (Fsp3) is 0.600. The zero-order valence-electron chi connectivity index (χ0n) is 13.5. The molecule has 0 bridgehead atoms. The van der Waals surface area contributed by atoms with Gasteiger partial charge in [-0.1, -0.05) is 32.1 Å². The van der Waals surface area contributed by atoms with Gasteiger partial charge in [0, 0.05) is 17.3 Å². The SMILES string of the molecule is C=C1C[C@@H]2C(CCC3(C)C(=O)CC[C@H]23)[C@]2(C)C=CC(=O)C=C12. The van der Waals surface area contributed by atoms with Crippen molar-refractivity contribution in [3.8, 4) is 0 Å². The van der Waals surface area contributed by atoms with Gasteiger partial charge in [0.2, 0.25) is 0 Å². The number of carbonyl (C=O) groups excluding carboxylic acids is 2. The van der Waals surface area contributed by atoms with Crippen LogP contribution in [0.5, 0.6) is 0 Å². The average molecular weight is 296 g/mol. The first-order valence-electron chi connectivity index (χ1n) is 8.53. The lowest BCUT2D eigenvalue weighted by molar-refractivity contribution is -0.131. The smallest absolute Gasteiger partial charge is 0.178 e. The van der Waals surface area contributed by atoms with Crippen molar-refractivity contribution in [2.75, 3.05) is 0 Å². The molecule has 4 rings (SSSR count). The number of hydrogen-bond acceptors (Lipinski definition) is 2. The summed E-state index contributed by atoms with van der Waals surface area (Å²) in [5, 5.41) is 0. The molecule has 0 aromatic rings. The maximum atomic E-state index is 12.4. The molecule has 3 fully saturated rings. The molecule has 2 nitrogen and oxygen atoms in total. The Bertz CT molecular complexity index is 653. The van der Waals surface area contributed by atoms with Gasteiger partial charge in [-0.15, -0.1) is 0 Å². The number of hydrogen-bond donors (Lipinski definition) is 0. The first kappa shape index (κ1) is 14.2. The standard InChI is InChI=1S/C20H24O2/c1-12-10-14-15-4-5-18(22)20(15,3)9-7-16(14)19(2)8-6-13(21)11-17(12)19/h6,8,11,14-16H,1,4-5,7,9-10H2,2-3H3/t14-,15+,16?,19-,20?/m0/s1. The van der Waals surface area contributed by atoms with E-state index in [0.29, 0.717) is 23.5 Å². The molecule has 2 unspecified atom stereocenters. The molecule has 0 saturated heterocycles. The summed E-state index contributed by atoms with van der Waals surface area (Å²) >= 11 is 0. The van der Waals surface area contributed by atoms with Crippen LogP contribution in [0.25, 0.3) is 0 Å². The van der Waals surface area contributed by atoms with E-state index in [4.69, 9.17) is 0 Å². The molecule has 0 aliphatic heterocycles. The molecule has 116 valence electrons. The van der Waals surface area contributed by atoms with Gasteiger partial charge >= 0.3 is 0 Å².